The molecule has 34 heavy (non-hydrogen) atoms. The summed E-state index contributed by atoms with van der Waals surface area (Å²) in [5.41, 5.74) is 5.24. The number of benzene rings is 2. The molecular formula is C23H24F3N3O5. The molecule has 11 heteroatoms. The minimum atomic E-state index is -4.72. The smallest absolute Gasteiger partial charge is 0.490 e. The molecule has 0 spiro atoms. The van der Waals surface area contributed by atoms with E-state index in [0.29, 0.717) is 11.5 Å². The van der Waals surface area contributed by atoms with Crippen LogP contribution in [-0.4, -0.2) is 49.7 Å². The second-order valence-corrected chi connectivity index (χ2v) is 8.19. The van der Waals surface area contributed by atoms with Crippen LogP contribution in [0.25, 0.3) is 0 Å². The van der Waals surface area contributed by atoms with Crippen LogP contribution in [0.2, 0.25) is 0 Å². The highest BCUT2D eigenvalue weighted by molar-refractivity contribution is 6.00. The molecule has 2 aliphatic rings. The third kappa shape index (κ3) is 5.83. The predicted octanol–water partition coefficient (Wildman–Crippen LogP) is 3.64. The van der Waals surface area contributed by atoms with E-state index in [4.69, 9.17) is 19.9 Å². The summed E-state index contributed by atoms with van der Waals surface area (Å²) in [6.45, 7) is 3.08. The molecule has 2 N–H and O–H groups in total. The number of carbonyl (C=O) groups is 1. The van der Waals surface area contributed by atoms with E-state index in [2.05, 4.69) is 14.6 Å². The van der Waals surface area contributed by atoms with Crippen LogP contribution in [0.4, 0.5) is 18.9 Å². The Morgan fingerprint density at radius 1 is 1.06 bits per heavy atom. The topological polar surface area (TPSA) is 95.6 Å². The molecule has 8 nitrogen and oxygen atoms in total. The van der Waals surface area contributed by atoms with Crippen molar-refractivity contribution < 1.29 is 36.9 Å². The number of carbonyl (C=O) groups excluding carboxylic acids is 1. The summed E-state index contributed by atoms with van der Waals surface area (Å²) < 4.78 is 57.5. The number of hydrogen-bond donors (Lipinski definition) is 1. The number of amidine groups is 1. The summed E-state index contributed by atoms with van der Waals surface area (Å²) in [5.74, 6) is 0.330. The number of anilines is 1. The Morgan fingerprint density at radius 2 is 1.65 bits per heavy atom. The first-order valence-corrected chi connectivity index (χ1v) is 10.7. The molecule has 4 rings (SSSR count). The van der Waals surface area contributed by atoms with Crippen LogP contribution in [0.1, 0.15) is 19.8 Å². The maximum absolute atomic E-state index is 12.3. The SMILES string of the molecule is C[C@@]1(COc2ccc(N3CCC(Oc4ccc(OC(F)(F)F)cc4)CC3)cc2)OC(N)=NC1=O. The Balaban J connectivity index is 1.24. The molecule has 0 radical (unpaired) electrons. The lowest BCUT2D eigenvalue weighted by Gasteiger charge is -2.33. The number of hydrogen-bond acceptors (Lipinski definition) is 7. The van der Waals surface area contributed by atoms with Crippen LogP contribution in [0.15, 0.2) is 53.5 Å². The van der Waals surface area contributed by atoms with Gasteiger partial charge in [-0.1, -0.05) is 0 Å². The van der Waals surface area contributed by atoms with Crippen molar-refractivity contribution in [3.63, 3.8) is 0 Å². The summed E-state index contributed by atoms with van der Waals surface area (Å²) in [5, 5.41) is 0. The summed E-state index contributed by atoms with van der Waals surface area (Å²) in [7, 11) is 0. The summed E-state index contributed by atoms with van der Waals surface area (Å²) in [4.78, 5) is 17.6. The average Bonchev–Trinajstić information content (AvgIpc) is 3.05. The van der Waals surface area contributed by atoms with Gasteiger partial charge < -0.3 is 29.6 Å². The molecule has 0 saturated carbocycles. The maximum Gasteiger partial charge on any atom is 0.573 e. The summed E-state index contributed by atoms with van der Waals surface area (Å²) in [6.07, 6.45) is -3.23. The number of rotatable bonds is 7. The highest BCUT2D eigenvalue weighted by Gasteiger charge is 2.42. The monoisotopic (exact) mass is 479 g/mol. The minimum Gasteiger partial charge on any atom is -0.490 e. The minimum absolute atomic E-state index is 0.0125. The van der Waals surface area contributed by atoms with Crippen molar-refractivity contribution in [2.24, 2.45) is 10.7 Å². The number of amides is 1. The van der Waals surface area contributed by atoms with Crippen LogP contribution in [-0.2, 0) is 9.53 Å². The first kappa shape index (κ1) is 23.5. The summed E-state index contributed by atoms with van der Waals surface area (Å²) >= 11 is 0. The number of nitrogens with zero attached hydrogens (tertiary/aromatic N) is 2. The fourth-order valence-corrected chi connectivity index (χ4v) is 3.73. The molecule has 1 atom stereocenters. The Hall–Kier alpha value is -3.63. The van der Waals surface area contributed by atoms with E-state index in [0.717, 1.165) is 31.6 Å². The molecule has 1 amide bonds. The summed E-state index contributed by atoms with van der Waals surface area (Å²) in [6, 6.07) is 12.7. The van der Waals surface area contributed by atoms with Crippen LogP contribution in [0.3, 0.4) is 0 Å². The van der Waals surface area contributed by atoms with Gasteiger partial charge in [-0.25, -0.2) is 0 Å². The standard InChI is InChI=1S/C23H24F3N3O5/c1-22(20(30)28-21(27)34-22)14-31-16-4-2-15(3-5-16)29-12-10-18(11-13-29)32-17-6-8-19(9-7-17)33-23(24,25)26/h2-9,18H,10-14H2,1H3,(H2,27,28,30)/t22-/m0/s1. The fraction of sp³-hybridized carbons (Fsp3) is 0.391. The molecule has 0 aliphatic carbocycles. The third-order valence-electron chi connectivity index (χ3n) is 5.51. The van der Waals surface area contributed by atoms with Crippen molar-refractivity contribution >= 4 is 17.6 Å². The van der Waals surface area contributed by atoms with Gasteiger partial charge in [0.1, 0.15) is 30.0 Å². The molecule has 0 unspecified atom stereocenters. The second-order valence-electron chi connectivity index (χ2n) is 8.19. The van der Waals surface area contributed by atoms with Crippen molar-refractivity contribution in [3.8, 4) is 17.2 Å². The highest BCUT2D eigenvalue weighted by atomic mass is 19.4. The fourth-order valence-electron chi connectivity index (χ4n) is 3.73. The zero-order chi connectivity index (χ0) is 24.3. The molecular weight excluding hydrogens is 455 g/mol. The number of ether oxygens (including phenoxy) is 4. The lowest BCUT2D eigenvalue weighted by Crippen LogP contribution is -2.41. The highest BCUT2D eigenvalue weighted by Crippen LogP contribution is 2.28. The maximum atomic E-state index is 12.3. The first-order chi connectivity index (χ1) is 16.1. The predicted molar refractivity (Wildman–Crippen MR) is 117 cm³/mol. The van der Waals surface area contributed by atoms with E-state index in [1.807, 2.05) is 24.3 Å². The largest absolute Gasteiger partial charge is 0.573 e. The average molecular weight is 479 g/mol. The lowest BCUT2D eigenvalue weighted by atomic mass is 10.1. The Bertz CT molecular complexity index is 1040. The van der Waals surface area contributed by atoms with Gasteiger partial charge in [0.2, 0.25) is 5.60 Å². The Kier molecular flexibility index (Phi) is 6.45. The molecule has 2 aromatic rings. The van der Waals surface area contributed by atoms with Crippen LogP contribution in [0.5, 0.6) is 17.2 Å². The van der Waals surface area contributed by atoms with Gasteiger partial charge in [-0.2, -0.15) is 4.99 Å². The van der Waals surface area contributed by atoms with Gasteiger partial charge in [0, 0.05) is 31.6 Å². The van der Waals surface area contributed by atoms with E-state index < -0.39 is 17.9 Å². The molecule has 1 saturated heterocycles. The van der Waals surface area contributed by atoms with E-state index in [9.17, 15) is 18.0 Å². The second kappa shape index (κ2) is 9.32. The van der Waals surface area contributed by atoms with E-state index in [1.165, 1.54) is 24.3 Å². The van der Waals surface area contributed by atoms with Gasteiger partial charge in [-0.3, -0.25) is 4.79 Å². The number of alkyl halides is 3. The van der Waals surface area contributed by atoms with Gasteiger partial charge in [0.05, 0.1) is 0 Å². The number of aliphatic imine (C=N–C) groups is 1. The lowest BCUT2D eigenvalue weighted by molar-refractivity contribution is -0.274. The van der Waals surface area contributed by atoms with Gasteiger partial charge in [0.15, 0.2) is 0 Å². The number of nitrogens with two attached hydrogens (primary N) is 1. The van der Waals surface area contributed by atoms with Gasteiger partial charge >= 0.3 is 6.36 Å². The molecule has 2 heterocycles. The van der Waals surface area contributed by atoms with Crippen molar-refractivity contribution in [2.45, 2.75) is 37.8 Å². The van der Waals surface area contributed by atoms with E-state index >= 15 is 0 Å². The Morgan fingerprint density at radius 3 is 2.21 bits per heavy atom. The normalized spacial score (nSPS) is 21.1. The number of piperidine rings is 1. The van der Waals surface area contributed by atoms with E-state index in [-0.39, 0.29) is 24.5 Å². The van der Waals surface area contributed by atoms with E-state index in [1.54, 1.807) is 6.92 Å². The van der Waals surface area contributed by atoms with Gasteiger partial charge in [-0.05, 0) is 55.5 Å². The number of halogens is 3. The van der Waals surface area contributed by atoms with Crippen molar-refractivity contribution in [2.75, 3.05) is 24.6 Å². The zero-order valence-corrected chi connectivity index (χ0v) is 18.4. The van der Waals surface area contributed by atoms with Gasteiger partial charge in [0.25, 0.3) is 11.9 Å². The van der Waals surface area contributed by atoms with Crippen LogP contribution in [0, 0.1) is 0 Å². The third-order valence-corrected chi connectivity index (χ3v) is 5.51. The van der Waals surface area contributed by atoms with Crippen molar-refractivity contribution in [3.05, 3.63) is 48.5 Å². The van der Waals surface area contributed by atoms with Crippen molar-refractivity contribution in [1.82, 2.24) is 0 Å². The molecule has 182 valence electrons. The quantitative estimate of drug-likeness (QED) is 0.648. The molecule has 1 fully saturated rings. The molecule has 2 aromatic carbocycles. The van der Waals surface area contributed by atoms with Gasteiger partial charge in [-0.15, -0.1) is 13.2 Å². The molecule has 2 aliphatic heterocycles. The van der Waals surface area contributed by atoms with Crippen molar-refractivity contribution in [1.29, 1.82) is 0 Å². The Labute approximate surface area is 194 Å². The zero-order valence-electron chi connectivity index (χ0n) is 18.4. The first-order valence-electron chi connectivity index (χ1n) is 10.7. The molecule has 0 aromatic heterocycles. The van der Waals surface area contributed by atoms with Crippen LogP contribution >= 0.6 is 0 Å². The molecule has 0 bridgehead atoms. The van der Waals surface area contributed by atoms with Crippen LogP contribution < -0.4 is 24.8 Å².